The van der Waals surface area contributed by atoms with Crippen LogP contribution in [0.25, 0.3) is 0 Å². The number of nitrogens with zero attached hydrogens (tertiary/aromatic N) is 1. The molecular weight excluding hydrogens is 398 g/mol. The van der Waals surface area contributed by atoms with E-state index in [-0.39, 0.29) is 15.5 Å². The fourth-order valence-corrected chi connectivity index (χ4v) is 4.13. The molecule has 0 atom stereocenters. The molecule has 0 bridgehead atoms. The number of amides is 1. The van der Waals surface area contributed by atoms with E-state index in [2.05, 4.69) is 10.0 Å². The lowest BCUT2D eigenvalue weighted by Gasteiger charge is -2.12. The molecule has 0 aliphatic rings. The van der Waals surface area contributed by atoms with Gasteiger partial charge in [-0.2, -0.15) is 5.26 Å². The lowest BCUT2D eigenvalue weighted by atomic mass is 10.2. The summed E-state index contributed by atoms with van der Waals surface area (Å²) in [6.07, 6.45) is 1.57. The predicted molar refractivity (Wildman–Crippen MR) is 109 cm³/mol. The highest BCUT2D eigenvalue weighted by Gasteiger charge is 2.21. The molecule has 9 heteroatoms. The van der Waals surface area contributed by atoms with E-state index in [1.807, 2.05) is 6.92 Å². The first-order chi connectivity index (χ1) is 13.3. The zero-order valence-corrected chi connectivity index (χ0v) is 17.1. The van der Waals surface area contributed by atoms with Crippen LogP contribution in [0.4, 0.5) is 5.69 Å². The first-order valence-electron chi connectivity index (χ1n) is 8.04. The van der Waals surface area contributed by atoms with Crippen LogP contribution in [0.1, 0.15) is 5.56 Å². The summed E-state index contributed by atoms with van der Waals surface area (Å²) in [6, 6.07) is 14.6. The summed E-state index contributed by atoms with van der Waals surface area (Å²) in [5, 5.41) is 11.9. The molecule has 0 unspecified atom stereocenters. The summed E-state index contributed by atoms with van der Waals surface area (Å²) in [5.74, 6) is -0.103. The minimum absolute atomic E-state index is 0.0394. The van der Waals surface area contributed by atoms with Crippen LogP contribution >= 0.6 is 11.8 Å². The molecule has 0 fully saturated rings. The smallest absolute Gasteiger partial charge is 0.269 e. The Balaban J connectivity index is 2.28. The van der Waals surface area contributed by atoms with Crippen molar-refractivity contribution in [2.24, 2.45) is 0 Å². The molecule has 0 saturated heterocycles. The average Bonchev–Trinajstić information content (AvgIpc) is 2.68. The maximum atomic E-state index is 12.6. The zero-order valence-electron chi connectivity index (χ0n) is 15.5. The summed E-state index contributed by atoms with van der Waals surface area (Å²) in [5.41, 5.74) is 1.02. The standard InChI is InChI=1S/C19H19N3O4S2/c1-13-4-10-16(11-5-13)28(24,25)22-19(27-3)17(12-20)18(23)21-14-6-8-15(26-2)9-7-14/h4-11,22H,1-3H3,(H,21,23)/b19-17+. The minimum Gasteiger partial charge on any atom is -0.497 e. The van der Waals surface area contributed by atoms with Crippen molar-refractivity contribution in [2.75, 3.05) is 18.7 Å². The van der Waals surface area contributed by atoms with Gasteiger partial charge in [0.15, 0.2) is 0 Å². The van der Waals surface area contributed by atoms with Crippen LogP contribution in [0, 0.1) is 18.3 Å². The highest BCUT2D eigenvalue weighted by molar-refractivity contribution is 8.03. The van der Waals surface area contributed by atoms with Gasteiger partial charge in [0.1, 0.15) is 22.4 Å². The first-order valence-corrected chi connectivity index (χ1v) is 10.7. The number of aryl methyl sites for hydroxylation is 1. The molecule has 0 radical (unpaired) electrons. The van der Waals surface area contributed by atoms with E-state index in [0.29, 0.717) is 11.4 Å². The summed E-state index contributed by atoms with van der Waals surface area (Å²) < 4.78 is 32.5. The Bertz CT molecular complexity index is 1020. The Labute approximate surface area is 168 Å². The predicted octanol–water partition coefficient (Wildman–Crippen LogP) is 3.02. The second kappa shape index (κ2) is 9.30. The van der Waals surface area contributed by atoms with Gasteiger partial charge >= 0.3 is 0 Å². The third-order valence-electron chi connectivity index (χ3n) is 3.68. The molecule has 2 N–H and O–H groups in total. The van der Waals surface area contributed by atoms with Crippen LogP contribution in [-0.2, 0) is 14.8 Å². The summed E-state index contributed by atoms with van der Waals surface area (Å²) >= 11 is 0.958. The molecule has 0 saturated carbocycles. The molecule has 0 spiro atoms. The molecular formula is C19H19N3O4S2. The van der Waals surface area contributed by atoms with E-state index in [4.69, 9.17) is 4.74 Å². The fraction of sp³-hybridized carbons (Fsp3) is 0.158. The molecule has 0 heterocycles. The molecule has 2 aromatic rings. The molecule has 1 amide bonds. The van der Waals surface area contributed by atoms with Gasteiger partial charge in [0, 0.05) is 5.69 Å². The number of methoxy groups -OCH3 is 1. The van der Waals surface area contributed by atoms with Crippen molar-refractivity contribution in [1.82, 2.24) is 4.72 Å². The number of hydrogen-bond donors (Lipinski definition) is 2. The highest BCUT2D eigenvalue weighted by Crippen LogP contribution is 2.21. The second-order valence-corrected chi connectivity index (χ2v) is 8.12. The number of carbonyl (C=O) groups excluding carboxylic acids is 1. The van der Waals surface area contributed by atoms with Gasteiger partial charge in [-0.25, -0.2) is 8.42 Å². The number of ether oxygens (including phenoxy) is 1. The number of sulfonamides is 1. The lowest BCUT2D eigenvalue weighted by molar-refractivity contribution is -0.112. The van der Waals surface area contributed by atoms with Gasteiger partial charge in [-0.15, -0.1) is 11.8 Å². The van der Waals surface area contributed by atoms with Gasteiger partial charge in [-0.1, -0.05) is 17.7 Å². The van der Waals surface area contributed by atoms with Crippen molar-refractivity contribution >= 4 is 33.4 Å². The maximum Gasteiger partial charge on any atom is 0.269 e. The number of anilines is 1. The molecule has 28 heavy (non-hydrogen) atoms. The number of carbonyl (C=O) groups is 1. The molecule has 0 aromatic heterocycles. The van der Waals surface area contributed by atoms with Gasteiger partial charge in [0.25, 0.3) is 15.9 Å². The van der Waals surface area contributed by atoms with Crippen molar-refractivity contribution in [3.05, 3.63) is 64.7 Å². The third kappa shape index (κ3) is 5.28. The van der Waals surface area contributed by atoms with Gasteiger partial charge in [0.2, 0.25) is 0 Å². The Morgan fingerprint density at radius 1 is 1.11 bits per heavy atom. The van der Waals surface area contributed by atoms with Crippen molar-refractivity contribution < 1.29 is 17.9 Å². The molecule has 146 valence electrons. The molecule has 2 rings (SSSR count). The van der Waals surface area contributed by atoms with Crippen molar-refractivity contribution in [1.29, 1.82) is 5.26 Å². The molecule has 7 nitrogen and oxygen atoms in total. The number of nitrogens with one attached hydrogen (secondary N) is 2. The molecule has 0 aliphatic heterocycles. The third-order valence-corrected chi connectivity index (χ3v) is 5.89. The molecule has 2 aromatic carbocycles. The van der Waals surface area contributed by atoms with Gasteiger partial charge in [-0.05, 0) is 49.6 Å². The van der Waals surface area contributed by atoms with E-state index in [0.717, 1.165) is 17.3 Å². The number of nitriles is 1. The number of rotatable bonds is 7. The van der Waals surface area contributed by atoms with E-state index >= 15 is 0 Å². The quantitative estimate of drug-likeness (QED) is 0.530. The van der Waals surface area contributed by atoms with Crippen LogP contribution < -0.4 is 14.8 Å². The summed E-state index contributed by atoms with van der Waals surface area (Å²) in [4.78, 5) is 12.5. The Morgan fingerprint density at radius 3 is 2.21 bits per heavy atom. The van der Waals surface area contributed by atoms with Gasteiger partial charge in [0.05, 0.1) is 12.0 Å². The fourth-order valence-electron chi connectivity index (χ4n) is 2.17. The Hall–Kier alpha value is -2.96. The topological polar surface area (TPSA) is 108 Å². The van der Waals surface area contributed by atoms with Crippen LogP contribution in [0.3, 0.4) is 0 Å². The van der Waals surface area contributed by atoms with Crippen molar-refractivity contribution in [3.8, 4) is 11.8 Å². The highest BCUT2D eigenvalue weighted by atomic mass is 32.2. The summed E-state index contributed by atoms with van der Waals surface area (Å²) in [7, 11) is -2.41. The Morgan fingerprint density at radius 2 is 1.71 bits per heavy atom. The monoisotopic (exact) mass is 417 g/mol. The average molecular weight is 418 g/mol. The first kappa shape index (κ1) is 21.3. The van der Waals surface area contributed by atoms with Crippen LogP contribution in [-0.4, -0.2) is 27.7 Å². The van der Waals surface area contributed by atoms with Crippen molar-refractivity contribution in [2.45, 2.75) is 11.8 Å². The molecule has 0 aliphatic carbocycles. The van der Waals surface area contributed by atoms with Crippen LogP contribution in [0.15, 0.2) is 64.0 Å². The number of thioether (sulfide) groups is 1. The van der Waals surface area contributed by atoms with Gasteiger partial charge < -0.3 is 10.1 Å². The number of hydrogen-bond acceptors (Lipinski definition) is 6. The van der Waals surface area contributed by atoms with Crippen molar-refractivity contribution in [3.63, 3.8) is 0 Å². The second-order valence-electron chi connectivity index (χ2n) is 5.62. The normalized spacial score (nSPS) is 11.8. The van der Waals surface area contributed by atoms with E-state index in [1.165, 1.54) is 19.2 Å². The zero-order chi connectivity index (χ0) is 20.7. The summed E-state index contributed by atoms with van der Waals surface area (Å²) in [6.45, 7) is 1.84. The lowest BCUT2D eigenvalue weighted by Crippen LogP contribution is -2.26. The Kier molecular flexibility index (Phi) is 7.09. The van der Waals surface area contributed by atoms with Gasteiger partial charge in [-0.3, -0.25) is 9.52 Å². The van der Waals surface area contributed by atoms with Crippen LogP contribution in [0.2, 0.25) is 0 Å². The van der Waals surface area contributed by atoms with E-state index < -0.39 is 15.9 Å². The minimum atomic E-state index is -3.94. The number of benzene rings is 2. The SMILES string of the molecule is COc1ccc(NC(=O)/C(C#N)=C(\NS(=O)(=O)c2ccc(C)cc2)SC)cc1. The van der Waals surface area contributed by atoms with E-state index in [1.54, 1.807) is 48.7 Å². The van der Waals surface area contributed by atoms with E-state index in [9.17, 15) is 18.5 Å². The van der Waals surface area contributed by atoms with Crippen LogP contribution in [0.5, 0.6) is 5.75 Å². The maximum absolute atomic E-state index is 12.6. The largest absolute Gasteiger partial charge is 0.497 e.